The van der Waals surface area contributed by atoms with Gasteiger partial charge in [-0.1, -0.05) is 23.7 Å². The number of hydrogen-bond donors (Lipinski definition) is 1. The van der Waals surface area contributed by atoms with Crippen LogP contribution >= 0.6 is 11.6 Å². The van der Waals surface area contributed by atoms with Crippen molar-refractivity contribution in [3.8, 4) is 0 Å². The maximum absolute atomic E-state index is 12.4. The summed E-state index contributed by atoms with van der Waals surface area (Å²) in [6.45, 7) is 1.12. The molecule has 0 atom stereocenters. The second kappa shape index (κ2) is 7.30. The number of ketones is 1. The van der Waals surface area contributed by atoms with Crippen molar-refractivity contribution in [1.29, 1.82) is 0 Å². The molecule has 134 valence electrons. The standard InChI is InChI=1S/C20H18ClNO4/c1-13(23)14-2-8-17(9-3-14)22-18(24)12-26-19(25)20(10-11-20)15-4-6-16(21)7-5-15/h2-9H,10-12H2,1H3,(H,22,24). The summed E-state index contributed by atoms with van der Waals surface area (Å²) in [5, 5.41) is 3.24. The molecule has 0 radical (unpaired) electrons. The second-order valence-electron chi connectivity index (χ2n) is 6.35. The van der Waals surface area contributed by atoms with Crippen molar-refractivity contribution in [3.05, 3.63) is 64.7 Å². The lowest BCUT2D eigenvalue weighted by Gasteiger charge is -2.15. The summed E-state index contributed by atoms with van der Waals surface area (Å²) in [7, 11) is 0. The molecule has 26 heavy (non-hydrogen) atoms. The zero-order chi connectivity index (χ0) is 18.7. The molecule has 2 aromatic rings. The van der Waals surface area contributed by atoms with Gasteiger partial charge in [0.25, 0.3) is 5.91 Å². The minimum Gasteiger partial charge on any atom is -0.455 e. The number of carbonyl (C=O) groups is 3. The highest BCUT2D eigenvalue weighted by Crippen LogP contribution is 2.49. The number of Topliss-reactive ketones (excluding diaryl/α,β-unsaturated/α-hetero) is 1. The first-order valence-electron chi connectivity index (χ1n) is 8.25. The van der Waals surface area contributed by atoms with Crippen LogP contribution in [0.25, 0.3) is 0 Å². The molecule has 1 aliphatic carbocycles. The number of amides is 1. The molecule has 1 fully saturated rings. The monoisotopic (exact) mass is 371 g/mol. The summed E-state index contributed by atoms with van der Waals surface area (Å²) in [5.41, 5.74) is 1.30. The van der Waals surface area contributed by atoms with E-state index in [1.807, 2.05) is 12.1 Å². The Kier molecular flexibility index (Phi) is 5.09. The molecule has 0 unspecified atom stereocenters. The van der Waals surface area contributed by atoms with Crippen molar-refractivity contribution in [2.75, 3.05) is 11.9 Å². The highest BCUT2D eigenvalue weighted by molar-refractivity contribution is 6.30. The van der Waals surface area contributed by atoms with E-state index in [1.54, 1.807) is 36.4 Å². The van der Waals surface area contributed by atoms with Gasteiger partial charge in [-0.2, -0.15) is 0 Å². The number of esters is 1. The van der Waals surface area contributed by atoms with Crippen molar-refractivity contribution in [1.82, 2.24) is 0 Å². The minimum atomic E-state index is -0.659. The molecular weight excluding hydrogens is 354 g/mol. The molecule has 1 aliphatic rings. The van der Waals surface area contributed by atoms with Gasteiger partial charge in [-0.15, -0.1) is 0 Å². The Morgan fingerprint density at radius 1 is 1.04 bits per heavy atom. The second-order valence-corrected chi connectivity index (χ2v) is 6.78. The van der Waals surface area contributed by atoms with Gasteiger partial charge in [0.2, 0.25) is 0 Å². The van der Waals surface area contributed by atoms with Crippen molar-refractivity contribution in [2.45, 2.75) is 25.2 Å². The summed E-state index contributed by atoms with van der Waals surface area (Å²) in [6, 6.07) is 13.6. The number of nitrogens with one attached hydrogen (secondary N) is 1. The van der Waals surface area contributed by atoms with E-state index in [0.29, 0.717) is 29.1 Å². The Morgan fingerprint density at radius 3 is 2.19 bits per heavy atom. The van der Waals surface area contributed by atoms with Gasteiger partial charge in [-0.05, 0) is 61.7 Å². The fourth-order valence-electron chi connectivity index (χ4n) is 2.76. The fourth-order valence-corrected chi connectivity index (χ4v) is 2.89. The molecule has 0 heterocycles. The van der Waals surface area contributed by atoms with Gasteiger partial charge in [0, 0.05) is 16.3 Å². The van der Waals surface area contributed by atoms with Crippen molar-refractivity contribution in [3.63, 3.8) is 0 Å². The lowest BCUT2D eigenvalue weighted by Crippen LogP contribution is -2.28. The van der Waals surface area contributed by atoms with Gasteiger partial charge in [0.1, 0.15) is 0 Å². The number of ether oxygens (including phenoxy) is 1. The maximum atomic E-state index is 12.4. The van der Waals surface area contributed by atoms with Crippen LogP contribution in [0.2, 0.25) is 5.02 Å². The van der Waals surface area contributed by atoms with E-state index >= 15 is 0 Å². The summed E-state index contributed by atoms with van der Waals surface area (Å²) in [4.78, 5) is 35.6. The van der Waals surface area contributed by atoms with E-state index in [2.05, 4.69) is 5.32 Å². The molecule has 2 aromatic carbocycles. The lowest BCUT2D eigenvalue weighted by molar-refractivity contribution is -0.150. The van der Waals surface area contributed by atoms with E-state index in [-0.39, 0.29) is 12.4 Å². The third-order valence-electron chi connectivity index (χ3n) is 4.45. The van der Waals surface area contributed by atoms with Crippen molar-refractivity contribution >= 4 is 34.9 Å². The van der Waals surface area contributed by atoms with Crippen molar-refractivity contribution in [2.24, 2.45) is 0 Å². The smallest absolute Gasteiger partial charge is 0.317 e. The van der Waals surface area contributed by atoms with Crippen LogP contribution in [-0.2, 0) is 19.7 Å². The Hall–Kier alpha value is -2.66. The molecule has 0 aromatic heterocycles. The number of anilines is 1. The highest BCUT2D eigenvalue weighted by Gasteiger charge is 2.52. The van der Waals surface area contributed by atoms with Crippen LogP contribution in [0.4, 0.5) is 5.69 Å². The third-order valence-corrected chi connectivity index (χ3v) is 4.70. The molecule has 1 saturated carbocycles. The van der Waals surface area contributed by atoms with E-state index < -0.39 is 17.3 Å². The SMILES string of the molecule is CC(=O)c1ccc(NC(=O)COC(=O)C2(c3ccc(Cl)cc3)CC2)cc1. The molecule has 3 rings (SSSR count). The average molecular weight is 372 g/mol. The summed E-state index contributed by atoms with van der Waals surface area (Å²) in [5.74, 6) is -0.878. The van der Waals surface area contributed by atoms with Crippen LogP contribution in [0.1, 0.15) is 35.7 Å². The van der Waals surface area contributed by atoms with Crippen LogP contribution < -0.4 is 5.32 Å². The number of halogens is 1. The molecule has 0 spiro atoms. The van der Waals surface area contributed by atoms with E-state index in [1.165, 1.54) is 6.92 Å². The Morgan fingerprint density at radius 2 is 1.65 bits per heavy atom. The number of hydrogen-bond acceptors (Lipinski definition) is 4. The molecule has 1 amide bonds. The average Bonchev–Trinajstić information content (AvgIpc) is 3.42. The summed E-state index contributed by atoms with van der Waals surface area (Å²) < 4.78 is 5.21. The largest absolute Gasteiger partial charge is 0.455 e. The first-order valence-corrected chi connectivity index (χ1v) is 8.63. The minimum absolute atomic E-state index is 0.0475. The quantitative estimate of drug-likeness (QED) is 0.620. The first-order chi connectivity index (χ1) is 12.4. The molecule has 0 saturated heterocycles. The highest BCUT2D eigenvalue weighted by atomic mass is 35.5. The number of carbonyl (C=O) groups excluding carboxylic acids is 3. The van der Waals surface area contributed by atoms with Crippen LogP contribution in [0, 0.1) is 0 Å². The van der Waals surface area contributed by atoms with Crippen LogP contribution in [0.15, 0.2) is 48.5 Å². The molecule has 5 nitrogen and oxygen atoms in total. The summed E-state index contributed by atoms with van der Waals surface area (Å²) in [6.07, 6.45) is 1.39. The first kappa shape index (κ1) is 18.1. The zero-order valence-electron chi connectivity index (χ0n) is 14.3. The fraction of sp³-hybridized carbons (Fsp3) is 0.250. The normalized spacial score (nSPS) is 14.4. The van der Waals surface area contributed by atoms with Gasteiger partial charge < -0.3 is 10.1 Å². The summed E-state index contributed by atoms with van der Waals surface area (Å²) >= 11 is 5.88. The molecule has 0 bridgehead atoms. The molecular formula is C20H18ClNO4. The van der Waals surface area contributed by atoms with Gasteiger partial charge in [0.15, 0.2) is 12.4 Å². The zero-order valence-corrected chi connectivity index (χ0v) is 15.0. The topological polar surface area (TPSA) is 72.5 Å². The van der Waals surface area contributed by atoms with Gasteiger partial charge in [-0.25, -0.2) is 0 Å². The van der Waals surface area contributed by atoms with Crippen LogP contribution in [-0.4, -0.2) is 24.3 Å². The third kappa shape index (κ3) is 3.94. The van der Waals surface area contributed by atoms with E-state index in [9.17, 15) is 14.4 Å². The molecule has 6 heteroatoms. The van der Waals surface area contributed by atoms with Crippen LogP contribution in [0.5, 0.6) is 0 Å². The molecule has 0 aliphatic heterocycles. The van der Waals surface area contributed by atoms with Gasteiger partial charge >= 0.3 is 5.97 Å². The van der Waals surface area contributed by atoms with E-state index in [0.717, 1.165) is 5.56 Å². The Bertz CT molecular complexity index is 839. The van der Waals surface area contributed by atoms with Gasteiger partial charge in [-0.3, -0.25) is 14.4 Å². The van der Waals surface area contributed by atoms with E-state index in [4.69, 9.17) is 16.3 Å². The van der Waals surface area contributed by atoms with Crippen molar-refractivity contribution < 1.29 is 19.1 Å². The van der Waals surface area contributed by atoms with Crippen LogP contribution in [0.3, 0.4) is 0 Å². The lowest BCUT2D eigenvalue weighted by atomic mass is 9.96. The maximum Gasteiger partial charge on any atom is 0.317 e. The number of benzene rings is 2. The predicted molar refractivity (Wildman–Crippen MR) is 98.4 cm³/mol. The predicted octanol–water partition coefficient (Wildman–Crippen LogP) is 3.76. The Balaban J connectivity index is 1.55. The molecule has 1 N–H and O–H groups in total. The van der Waals surface area contributed by atoms with Gasteiger partial charge in [0.05, 0.1) is 5.41 Å². The Labute approximate surface area is 156 Å². The number of rotatable bonds is 6.